The molecular weight excluding hydrogens is 332 g/mol. The van der Waals surface area contributed by atoms with Crippen molar-refractivity contribution in [3.05, 3.63) is 94.2 Å². The number of pyridine rings is 1. The lowest BCUT2D eigenvalue weighted by molar-refractivity contribution is -0.965. The van der Waals surface area contributed by atoms with Crippen molar-refractivity contribution in [2.45, 2.75) is 38.0 Å². The largest absolute Gasteiger partial charge is 0.551 e. The maximum Gasteiger partial charge on any atom is 0.551 e. The third kappa shape index (κ3) is 1.21. The van der Waals surface area contributed by atoms with Crippen molar-refractivity contribution in [2.75, 3.05) is 0 Å². The van der Waals surface area contributed by atoms with Gasteiger partial charge in [0, 0.05) is 29.2 Å². The summed E-state index contributed by atoms with van der Waals surface area (Å²) in [5.41, 5.74) is 14.9. The second kappa shape index (κ2) is 3.92. The molecule has 6 aliphatic rings. The summed E-state index contributed by atoms with van der Waals surface area (Å²) in [7, 11) is 0. The van der Waals surface area contributed by atoms with Gasteiger partial charge in [0.15, 0.2) is 22.8 Å². The van der Waals surface area contributed by atoms with Crippen LogP contribution in [0, 0.1) is 0 Å². The van der Waals surface area contributed by atoms with E-state index in [0.717, 1.165) is 32.1 Å². The first-order chi connectivity index (χ1) is 13.4. The van der Waals surface area contributed by atoms with Crippen molar-refractivity contribution < 1.29 is 9.14 Å². The Morgan fingerprint density at radius 2 is 1.81 bits per heavy atom. The zero-order chi connectivity index (χ0) is 17.3. The molecule has 8 heterocycles. The summed E-state index contributed by atoms with van der Waals surface area (Å²) >= 11 is 0. The van der Waals surface area contributed by atoms with E-state index in [1.165, 1.54) is 45.6 Å². The van der Waals surface area contributed by atoms with Crippen molar-refractivity contribution in [1.82, 2.24) is 9.47 Å². The van der Waals surface area contributed by atoms with Gasteiger partial charge in [-0.1, -0.05) is 14.9 Å². The number of nitrogens with zero attached hydrogens (tertiary/aromatic N) is 4. The van der Waals surface area contributed by atoms with Gasteiger partial charge in [0.25, 0.3) is 0 Å². The van der Waals surface area contributed by atoms with E-state index in [1.807, 2.05) is 0 Å². The van der Waals surface area contributed by atoms with Crippen LogP contribution in [-0.4, -0.2) is 19.8 Å². The minimum absolute atomic E-state index is 0.368. The third-order valence-electron chi connectivity index (χ3n) is 7.11. The fourth-order valence-corrected chi connectivity index (χ4v) is 6.32. The molecule has 2 aromatic rings. The molecular formula is C23H18N4+2. The maximum absolute atomic E-state index is 3.60. The summed E-state index contributed by atoms with van der Waals surface area (Å²) in [5, 5.41) is 0. The van der Waals surface area contributed by atoms with Gasteiger partial charge in [0.05, 0.1) is 37.8 Å². The molecule has 2 aromatic heterocycles. The number of aromatic nitrogens is 2. The Morgan fingerprint density at radius 3 is 2.74 bits per heavy atom. The average Bonchev–Trinajstić information content (AvgIpc) is 3.28. The minimum Gasteiger partial charge on any atom is -0.206 e. The van der Waals surface area contributed by atoms with Crippen LogP contribution < -0.4 is 4.57 Å². The third-order valence-corrected chi connectivity index (χ3v) is 7.11. The summed E-state index contributed by atoms with van der Waals surface area (Å²) in [6.07, 6.45) is 11.9. The van der Waals surface area contributed by atoms with Crippen molar-refractivity contribution >= 4 is 5.71 Å². The van der Waals surface area contributed by atoms with Crippen LogP contribution in [-0.2, 0) is 25.2 Å². The molecule has 1 spiro atoms. The Kier molecular flexibility index (Phi) is 1.91. The summed E-state index contributed by atoms with van der Waals surface area (Å²) in [6, 6.07) is 11.6. The van der Waals surface area contributed by atoms with Crippen molar-refractivity contribution in [2.24, 2.45) is 0 Å². The van der Waals surface area contributed by atoms with E-state index in [-0.39, 0.29) is 5.91 Å². The van der Waals surface area contributed by atoms with Crippen LogP contribution in [0.15, 0.2) is 71.4 Å². The van der Waals surface area contributed by atoms with Gasteiger partial charge in [0.1, 0.15) is 0 Å². The van der Waals surface area contributed by atoms with Gasteiger partial charge in [-0.05, 0) is 36.4 Å². The molecule has 4 nitrogen and oxygen atoms in total. The first-order valence-corrected chi connectivity index (χ1v) is 9.88. The standard InChI is InChI=1S/C23H18N4/c1-3-15-11-16-4-2-6-18-13-20-8-10-22-14-21-9-7-19-12-17(5-1)24(15)23(25(16)18,26(19)21)27(20)22/h1-5,7,9-10H,8,11-14H2/q+2. The predicted molar refractivity (Wildman–Crippen MR) is 98.8 cm³/mol. The fourth-order valence-electron chi connectivity index (χ4n) is 6.32. The molecule has 1 unspecified atom stereocenters. The Bertz CT molecular complexity index is 1290. The van der Waals surface area contributed by atoms with E-state index < -0.39 is 0 Å². The van der Waals surface area contributed by atoms with Crippen LogP contribution in [0.3, 0.4) is 0 Å². The predicted octanol–water partition coefficient (Wildman–Crippen LogP) is 2.29. The first-order valence-electron chi connectivity index (χ1n) is 9.88. The van der Waals surface area contributed by atoms with Gasteiger partial charge in [-0.25, -0.2) is 4.57 Å². The highest BCUT2D eigenvalue weighted by Gasteiger charge is 2.73. The van der Waals surface area contributed by atoms with E-state index in [9.17, 15) is 0 Å². The van der Waals surface area contributed by atoms with Crippen LogP contribution in [0.1, 0.15) is 35.6 Å². The fraction of sp³-hybridized carbons (Fsp3) is 0.261. The number of rotatable bonds is 0. The zero-order valence-electron chi connectivity index (χ0n) is 14.9. The monoisotopic (exact) mass is 350 g/mol. The van der Waals surface area contributed by atoms with Crippen LogP contribution in [0.5, 0.6) is 0 Å². The van der Waals surface area contributed by atoms with E-state index in [4.69, 9.17) is 0 Å². The van der Waals surface area contributed by atoms with E-state index in [1.54, 1.807) is 0 Å². The van der Waals surface area contributed by atoms with E-state index in [0.29, 0.717) is 0 Å². The molecule has 0 radical (unpaired) electrons. The maximum atomic E-state index is 3.60. The topological polar surface area (TPSA) is 15.1 Å². The van der Waals surface area contributed by atoms with Gasteiger partial charge in [-0.15, -0.1) is 0 Å². The van der Waals surface area contributed by atoms with E-state index in [2.05, 4.69) is 72.9 Å². The molecule has 27 heavy (non-hydrogen) atoms. The number of hydrogen-bond acceptors (Lipinski definition) is 1. The Hall–Kier alpha value is -3.10. The van der Waals surface area contributed by atoms with Crippen molar-refractivity contribution in [1.29, 1.82) is 0 Å². The Morgan fingerprint density at radius 1 is 0.963 bits per heavy atom. The quantitative estimate of drug-likeness (QED) is 0.526. The van der Waals surface area contributed by atoms with E-state index >= 15 is 0 Å². The molecule has 1 atom stereocenters. The molecule has 0 saturated heterocycles. The second-order valence-electron chi connectivity index (χ2n) is 8.35. The first kappa shape index (κ1) is 13.1. The lowest BCUT2D eigenvalue weighted by atomic mass is 9.95. The number of hydrogen-bond donors (Lipinski definition) is 0. The molecule has 0 N–H and O–H groups in total. The molecule has 0 aliphatic carbocycles. The summed E-state index contributed by atoms with van der Waals surface area (Å²) < 4.78 is 7.93. The van der Waals surface area contributed by atoms with Crippen LogP contribution in [0.25, 0.3) is 0 Å². The SMILES string of the molecule is C1=CC=C2Cc3cccc4[n+]3C35N2C=1CC1=[N+]3C(=CC1)Cc1ccc(n15)C4. The molecule has 128 valence electrons. The molecule has 0 aromatic carbocycles. The van der Waals surface area contributed by atoms with Gasteiger partial charge in [0.2, 0.25) is 0 Å². The normalized spacial score (nSPS) is 27.1. The molecule has 0 amide bonds. The summed E-state index contributed by atoms with van der Waals surface area (Å²) in [4.78, 5) is 2.59. The highest BCUT2D eigenvalue weighted by molar-refractivity contribution is 5.86. The molecule has 0 bridgehead atoms. The summed E-state index contributed by atoms with van der Waals surface area (Å²) in [6.45, 7) is 0. The van der Waals surface area contributed by atoms with Crippen molar-refractivity contribution in [3.8, 4) is 0 Å². The molecule has 0 fully saturated rings. The molecule has 0 saturated carbocycles. The average molecular weight is 350 g/mol. The van der Waals surface area contributed by atoms with Crippen LogP contribution in [0.4, 0.5) is 0 Å². The van der Waals surface area contributed by atoms with Gasteiger partial charge in [-0.2, -0.15) is 4.90 Å². The van der Waals surface area contributed by atoms with Crippen LogP contribution >= 0.6 is 0 Å². The van der Waals surface area contributed by atoms with Crippen LogP contribution in [0.2, 0.25) is 0 Å². The minimum atomic E-state index is -0.368. The van der Waals surface area contributed by atoms with Gasteiger partial charge < -0.3 is 0 Å². The second-order valence-corrected chi connectivity index (χ2v) is 8.35. The number of allylic oxidation sites excluding steroid dienone is 5. The Balaban J connectivity index is 1.67. The molecule has 4 heteroatoms. The van der Waals surface area contributed by atoms with Gasteiger partial charge >= 0.3 is 5.91 Å². The smallest absolute Gasteiger partial charge is 0.206 e. The van der Waals surface area contributed by atoms with Gasteiger partial charge in [-0.3, -0.25) is 0 Å². The summed E-state index contributed by atoms with van der Waals surface area (Å²) in [5.74, 6) is -0.368. The molecule has 6 aliphatic heterocycles. The Labute approximate surface area is 157 Å². The highest BCUT2D eigenvalue weighted by Crippen LogP contribution is 2.49. The van der Waals surface area contributed by atoms with Crippen molar-refractivity contribution in [3.63, 3.8) is 0 Å². The lowest BCUT2D eigenvalue weighted by Gasteiger charge is -2.48. The zero-order valence-corrected chi connectivity index (χ0v) is 14.9. The highest BCUT2D eigenvalue weighted by atomic mass is 15.7. The lowest BCUT2D eigenvalue weighted by Crippen LogP contribution is -2.82. The molecule has 8 rings (SSSR count).